The monoisotopic (exact) mass is 273 g/mol. The zero-order chi connectivity index (χ0) is 13.8. The summed E-state index contributed by atoms with van der Waals surface area (Å²) in [7, 11) is -3.56. The van der Waals surface area contributed by atoms with E-state index < -0.39 is 15.3 Å². The van der Waals surface area contributed by atoms with Crippen LogP contribution in [0.4, 0.5) is 0 Å². The minimum atomic E-state index is -3.56. The molecule has 1 fully saturated rings. The lowest BCUT2D eigenvalue weighted by Crippen LogP contribution is -2.40. The fourth-order valence-electron chi connectivity index (χ4n) is 2.01. The fraction of sp³-hybridized carbons (Fsp3) is 0.818. The number of hydrogen-bond donors (Lipinski definition) is 0. The topological polar surface area (TPSA) is 81.5 Å². The molecule has 0 radical (unpaired) electrons. The minimum absolute atomic E-state index is 0.0402. The molecule has 0 spiro atoms. The molecule has 1 atom stereocenters. The summed E-state index contributed by atoms with van der Waals surface area (Å²) in [6.07, 6.45) is 0.895. The Labute approximate surface area is 108 Å². The Bertz CT molecular complexity index is 441. The Hall–Kier alpha value is -1.13. The van der Waals surface area contributed by atoms with Gasteiger partial charge >= 0.3 is 0 Å². The van der Waals surface area contributed by atoms with E-state index in [9.17, 15) is 13.2 Å². The predicted molar refractivity (Wildman–Crippen MR) is 67.1 cm³/mol. The van der Waals surface area contributed by atoms with Gasteiger partial charge in [0.05, 0.1) is 6.07 Å². The molecule has 1 unspecified atom stereocenters. The van der Waals surface area contributed by atoms with Crippen molar-refractivity contribution in [3.05, 3.63) is 0 Å². The molecule has 102 valence electrons. The molecule has 0 aromatic carbocycles. The van der Waals surface area contributed by atoms with Crippen molar-refractivity contribution in [1.82, 2.24) is 9.21 Å². The van der Waals surface area contributed by atoms with E-state index >= 15 is 0 Å². The molecule has 1 heterocycles. The average molecular weight is 273 g/mol. The summed E-state index contributed by atoms with van der Waals surface area (Å²) in [5.74, 6) is -0.0402. The van der Waals surface area contributed by atoms with Crippen molar-refractivity contribution < 1.29 is 13.2 Å². The third-order valence-corrected chi connectivity index (χ3v) is 5.38. The Balaban J connectivity index is 2.80. The van der Waals surface area contributed by atoms with Gasteiger partial charge in [-0.15, -0.1) is 0 Å². The highest BCUT2D eigenvalue weighted by molar-refractivity contribution is 7.90. The summed E-state index contributed by atoms with van der Waals surface area (Å²) in [6, 6.07) is 1.83. The van der Waals surface area contributed by atoms with Gasteiger partial charge in [0.2, 0.25) is 15.9 Å². The number of nitrogens with zero attached hydrogens (tertiary/aromatic N) is 3. The first-order valence-corrected chi connectivity index (χ1v) is 7.58. The van der Waals surface area contributed by atoms with Crippen LogP contribution < -0.4 is 0 Å². The van der Waals surface area contributed by atoms with E-state index in [1.54, 1.807) is 11.8 Å². The van der Waals surface area contributed by atoms with Gasteiger partial charge in [-0.2, -0.15) is 9.57 Å². The molecular formula is C11H19N3O3S. The maximum absolute atomic E-state index is 12.2. The maximum Gasteiger partial charge on any atom is 0.230 e. The Morgan fingerprint density at radius 2 is 2.00 bits per heavy atom. The molecule has 1 saturated heterocycles. The number of carbonyl (C=O) groups is 1. The van der Waals surface area contributed by atoms with Gasteiger partial charge in [-0.25, -0.2) is 8.42 Å². The lowest BCUT2D eigenvalue weighted by molar-refractivity contribution is -0.128. The van der Waals surface area contributed by atoms with Crippen molar-refractivity contribution in [2.45, 2.75) is 31.9 Å². The van der Waals surface area contributed by atoms with Crippen molar-refractivity contribution >= 4 is 15.9 Å². The summed E-state index contributed by atoms with van der Waals surface area (Å²) in [4.78, 5) is 12.9. The normalized spacial score (nSPS) is 19.9. The Morgan fingerprint density at radius 3 is 2.50 bits per heavy atom. The minimum Gasteiger partial charge on any atom is -0.342 e. The van der Waals surface area contributed by atoms with E-state index in [4.69, 9.17) is 5.26 Å². The van der Waals surface area contributed by atoms with Gasteiger partial charge in [0, 0.05) is 33.1 Å². The second kappa shape index (κ2) is 6.16. The molecule has 1 rings (SSSR count). The van der Waals surface area contributed by atoms with Crippen LogP contribution in [0.15, 0.2) is 0 Å². The van der Waals surface area contributed by atoms with Gasteiger partial charge in [0.1, 0.15) is 0 Å². The zero-order valence-corrected chi connectivity index (χ0v) is 11.6. The highest BCUT2D eigenvalue weighted by Gasteiger charge is 2.32. The van der Waals surface area contributed by atoms with Crippen LogP contribution in [-0.2, 0) is 14.8 Å². The van der Waals surface area contributed by atoms with Crippen LogP contribution in [-0.4, -0.2) is 55.0 Å². The molecule has 18 heavy (non-hydrogen) atoms. The summed E-state index contributed by atoms with van der Waals surface area (Å²) in [5, 5.41) is 7.90. The van der Waals surface area contributed by atoms with Gasteiger partial charge in [0.25, 0.3) is 0 Å². The van der Waals surface area contributed by atoms with Gasteiger partial charge in [-0.05, 0) is 12.8 Å². The molecule has 0 aliphatic carbocycles. The van der Waals surface area contributed by atoms with Crippen LogP contribution in [0, 0.1) is 11.3 Å². The third-order valence-electron chi connectivity index (χ3n) is 3.13. The predicted octanol–water partition coefficient (Wildman–Crippen LogP) is 0.173. The van der Waals surface area contributed by atoms with Crippen molar-refractivity contribution in [3.8, 4) is 6.07 Å². The van der Waals surface area contributed by atoms with Gasteiger partial charge in [-0.3, -0.25) is 4.79 Å². The molecule has 1 aliphatic heterocycles. The Morgan fingerprint density at radius 1 is 1.33 bits per heavy atom. The lowest BCUT2D eigenvalue weighted by atomic mass is 10.4. The quantitative estimate of drug-likeness (QED) is 0.734. The smallest absolute Gasteiger partial charge is 0.230 e. The summed E-state index contributed by atoms with van der Waals surface area (Å²) in [6.45, 7) is 4.80. The lowest BCUT2D eigenvalue weighted by Gasteiger charge is -2.22. The van der Waals surface area contributed by atoms with Crippen LogP contribution in [0.2, 0.25) is 0 Å². The summed E-state index contributed by atoms with van der Waals surface area (Å²) >= 11 is 0. The standard InChI is InChI=1S/C11H19N3O3S/c1-3-11(9-12)18(16,17)14-6-4-5-13(7-8-14)10(2)15/h11H,3-8H2,1-2H3. The zero-order valence-electron chi connectivity index (χ0n) is 10.8. The van der Waals surface area contributed by atoms with Crippen LogP contribution in [0.25, 0.3) is 0 Å². The molecule has 1 aliphatic rings. The van der Waals surface area contributed by atoms with E-state index in [0.29, 0.717) is 26.1 Å². The highest BCUT2D eigenvalue weighted by atomic mass is 32.2. The van der Waals surface area contributed by atoms with E-state index in [1.165, 1.54) is 11.2 Å². The maximum atomic E-state index is 12.2. The average Bonchev–Trinajstić information content (AvgIpc) is 2.55. The first kappa shape index (κ1) is 14.9. The summed E-state index contributed by atoms with van der Waals surface area (Å²) < 4.78 is 25.7. The van der Waals surface area contributed by atoms with Gasteiger partial charge in [0.15, 0.2) is 5.25 Å². The second-order valence-corrected chi connectivity index (χ2v) is 6.44. The number of amides is 1. The molecule has 6 nitrogen and oxygen atoms in total. The molecule has 0 N–H and O–H groups in total. The SMILES string of the molecule is CCC(C#N)S(=O)(=O)N1CCCN(C(C)=O)CC1. The number of rotatable bonds is 3. The molecule has 7 heteroatoms. The molecular weight excluding hydrogens is 254 g/mol. The van der Waals surface area contributed by atoms with E-state index in [2.05, 4.69) is 0 Å². The first-order valence-electron chi connectivity index (χ1n) is 6.07. The van der Waals surface area contributed by atoms with Crippen molar-refractivity contribution in [2.24, 2.45) is 0 Å². The largest absolute Gasteiger partial charge is 0.342 e. The number of carbonyl (C=O) groups excluding carboxylic acids is 1. The Kier molecular flexibility index (Phi) is 5.11. The number of sulfonamides is 1. The van der Waals surface area contributed by atoms with Crippen molar-refractivity contribution in [1.29, 1.82) is 5.26 Å². The van der Waals surface area contributed by atoms with Gasteiger partial charge < -0.3 is 4.90 Å². The van der Waals surface area contributed by atoms with Gasteiger partial charge in [-0.1, -0.05) is 6.92 Å². The second-order valence-electron chi connectivity index (χ2n) is 4.33. The van der Waals surface area contributed by atoms with Crippen LogP contribution >= 0.6 is 0 Å². The van der Waals surface area contributed by atoms with E-state index in [-0.39, 0.29) is 18.9 Å². The van der Waals surface area contributed by atoms with E-state index in [0.717, 1.165) is 0 Å². The molecule has 0 saturated carbocycles. The first-order chi connectivity index (χ1) is 8.43. The third kappa shape index (κ3) is 3.21. The van der Waals surface area contributed by atoms with Crippen molar-refractivity contribution in [2.75, 3.05) is 26.2 Å². The van der Waals surface area contributed by atoms with E-state index in [1.807, 2.05) is 6.07 Å². The molecule has 0 bridgehead atoms. The van der Waals surface area contributed by atoms with Crippen LogP contribution in [0.5, 0.6) is 0 Å². The van der Waals surface area contributed by atoms with Crippen molar-refractivity contribution in [3.63, 3.8) is 0 Å². The van der Waals surface area contributed by atoms with Crippen LogP contribution in [0.3, 0.4) is 0 Å². The fourth-order valence-corrected chi connectivity index (χ4v) is 3.65. The highest BCUT2D eigenvalue weighted by Crippen LogP contribution is 2.15. The number of nitriles is 1. The van der Waals surface area contributed by atoms with Crippen LogP contribution in [0.1, 0.15) is 26.7 Å². The number of hydrogen-bond acceptors (Lipinski definition) is 4. The molecule has 1 amide bonds. The molecule has 0 aromatic rings. The molecule has 0 aromatic heterocycles. The summed E-state index contributed by atoms with van der Waals surface area (Å²) in [5.41, 5.74) is 0.